The molecule has 1 fully saturated rings. The van der Waals surface area contributed by atoms with Crippen LogP contribution in [0.2, 0.25) is 0 Å². The number of amides is 1. The van der Waals surface area contributed by atoms with Crippen LogP contribution in [0.3, 0.4) is 0 Å². The molecule has 1 amide bonds. The van der Waals surface area contributed by atoms with E-state index in [9.17, 15) is 4.79 Å². The van der Waals surface area contributed by atoms with Gasteiger partial charge in [0.05, 0.1) is 0 Å². The molecule has 2 unspecified atom stereocenters. The van der Waals surface area contributed by atoms with Gasteiger partial charge in [-0.15, -0.1) is 10.2 Å². The summed E-state index contributed by atoms with van der Waals surface area (Å²) in [5, 5.41) is 14.0. The molecule has 6 heteroatoms. The molecule has 0 aliphatic heterocycles. The average Bonchev–Trinajstić information content (AvgIpc) is 2.54. The van der Waals surface area contributed by atoms with Crippen molar-refractivity contribution in [1.29, 1.82) is 0 Å². The van der Waals surface area contributed by atoms with Crippen LogP contribution < -0.4 is 16.4 Å². The summed E-state index contributed by atoms with van der Waals surface area (Å²) < 4.78 is 0. The first-order valence-corrected chi connectivity index (χ1v) is 7.80. The standard InChI is InChI=1S/C15H25N5O/c1-2-17-15(21)13-7-8-14(20-19-13)18-10-12-6-4-3-5-11(12)9-16/h7-8,11-12H,2-6,9-10,16H2,1H3,(H,17,21)(H,18,20). The predicted octanol–water partition coefficient (Wildman–Crippen LogP) is 1.40. The van der Waals surface area contributed by atoms with Crippen LogP contribution in [0.4, 0.5) is 5.82 Å². The highest BCUT2D eigenvalue weighted by Gasteiger charge is 2.23. The summed E-state index contributed by atoms with van der Waals surface area (Å²) >= 11 is 0. The predicted molar refractivity (Wildman–Crippen MR) is 83.0 cm³/mol. The normalized spacial score (nSPS) is 21.8. The number of nitrogens with one attached hydrogen (secondary N) is 2. The van der Waals surface area contributed by atoms with Gasteiger partial charge >= 0.3 is 0 Å². The number of carbonyl (C=O) groups excluding carboxylic acids is 1. The molecular formula is C15H25N5O. The molecule has 1 heterocycles. The lowest BCUT2D eigenvalue weighted by Gasteiger charge is -2.30. The van der Waals surface area contributed by atoms with Crippen LogP contribution in [0.15, 0.2) is 12.1 Å². The lowest BCUT2D eigenvalue weighted by Crippen LogP contribution is -2.31. The fourth-order valence-electron chi connectivity index (χ4n) is 2.90. The Morgan fingerprint density at radius 3 is 2.67 bits per heavy atom. The van der Waals surface area contributed by atoms with E-state index >= 15 is 0 Å². The largest absolute Gasteiger partial charge is 0.368 e. The van der Waals surface area contributed by atoms with Crippen molar-refractivity contribution in [1.82, 2.24) is 15.5 Å². The number of aromatic nitrogens is 2. The zero-order chi connectivity index (χ0) is 15.1. The molecule has 1 aromatic heterocycles. The smallest absolute Gasteiger partial charge is 0.271 e. The Morgan fingerprint density at radius 2 is 2.05 bits per heavy atom. The Hall–Kier alpha value is -1.69. The highest BCUT2D eigenvalue weighted by Crippen LogP contribution is 2.29. The zero-order valence-corrected chi connectivity index (χ0v) is 12.6. The molecule has 2 rings (SSSR count). The highest BCUT2D eigenvalue weighted by atomic mass is 16.1. The van der Waals surface area contributed by atoms with Crippen LogP contribution in [0.1, 0.15) is 43.1 Å². The van der Waals surface area contributed by atoms with Gasteiger partial charge < -0.3 is 16.4 Å². The maximum Gasteiger partial charge on any atom is 0.271 e. The van der Waals surface area contributed by atoms with Crippen molar-refractivity contribution in [3.05, 3.63) is 17.8 Å². The Morgan fingerprint density at radius 1 is 1.29 bits per heavy atom. The Labute approximate surface area is 125 Å². The minimum Gasteiger partial charge on any atom is -0.368 e. The topological polar surface area (TPSA) is 92.9 Å². The molecule has 0 radical (unpaired) electrons. The molecule has 4 N–H and O–H groups in total. The van der Waals surface area contributed by atoms with E-state index < -0.39 is 0 Å². The summed E-state index contributed by atoms with van der Waals surface area (Å²) in [5.74, 6) is 1.74. The molecule has 1 aliphatic rings. The second-order valence-electron chi connectivity index (χ2n) is 5.58. The highest BCUT2D eigenvalue weighted by molar-refractivity contribution is 5.92. The number of hydrogen-bond acceptors (Lipinski definition) is 5. The van der Waals surface area contributed by atoms with Gasteiger partial charge in [0.2, 0.25) is 0 Å². The molecule has 0 saturated heterocycles. The van der Waals surface area contributed by atoms with E-state index in [-0.39, 0.29) is 5.91 Å². The van der Waals surface area contributed by atoms with Gasteiger partial charge in [-0.05, 0) is 50.3 Å². The SMILES string of the molecule is CCNC(=O)c1ccc(NCC2CCCCC2CN)nn1. The van der Waals surface area contributed by atoms with Crippen molar-refractivity contribution in [3.63, 3.8) is 0 Å². The number of anilines is 1. The van der Waals surface area contributed by atoms with Crippen LogP contribution in [0.5, 0.6) is 0 Å². The number of hydrogen-bond donors (Lipinski definition) is 3. The van der Waals surface area contributed by atoms with E-state index in [1.54, 1.807) is 12.1 Å². The van der Waals surface area contributed by atoms with Gasteiger partial charge in [-0.2, -0.15) is 0 Å². The maximum absolute atomic E-state index is 11.6. The van der Waals surface area contributed by atoms with Gasteiger partial charge in [-0.3, -0.25) is 4.79 Å². The van der Waals surface area contributed by atoms with Crippen LogP contribution >= 0.6 is 0 Å². The van der Waals surface area contributed by atoms with E-state index in [0.29, 0.717) is 29.9 Å². The summed E-state index contributed by atoms with van der Waals surface area (Å²) in [5.41, 5.74) is 6.19. The van der Waals surface area contributed by atoms with Crippen molar-refractivity contribution in [2.75, 3.05) is 25.0 Å². The van der Waals surface area contributed by atoms with Crippen LogP contribution in [-0.2, 0) is 0 Å². The molecule has 6 nitrogen and oxygen atoms in total. The van der Waals surface area contributed by atoms with Crippen molar-refractivity contribution >= 4 is 11.7 Å². The van der Waals surface area contributed by atoms with Crippen LogP contribution in [-0.4, -0.2) is 35.7 Å². The van der Waals surface area contributed by atoms with Crippen molar-refractivity contribution < 1.29 is 4.79 Å². The van der Waals surface area contributed by atoms with Crippen molar-refractivity contribution in [2.24, 2.45) is 17.6 Å². The van der Waals surface area contributed by atoms with Gasteiger partial charge in [0, 0.05) is 13.1 Å². The summed E-state index contributed by atoms with van der Waals surface area (Å²) in [7, 11) is 0. The first kappa shape index (κ1) is 15.7. The summed E-state index contributed by atoms with van der Waals surface area (Å²) in [6.45, 7) is 4.09. The third-order valence-electron chi connectivity index (χ3n) is 4.15. The fourth-order valence-corrected chi connectivity index (χ4v) is 2.90. The van der Waals surface area contributed by atoms with Gasteiger partial charge in [0.15, 0.2) is 5.69 Å². The monoisotopic (exact) mass is 291 g/mol. The van der Waals surface area contributed by atoms with Crippen molar-refractivity contribution in [2.45, 2.75) is 32.6 Å². The van der Waals surface area contributed by atoms with Gasteiger partial charge in [0.1, 0.15) is 5.82 Å². The van der Waals surface area contributed by atoms with Crippen molar-refractivity contribution in [3.8, 4) is 0 Å². The minimum absolute atomic E-state index is 0.188. The quantitative estimate of drug-likeness (QED) is 0.737. The molecule has 1 aromatic rings. The summed E-state index contributed by atoms with van der Waals surface area (Å²) in [4.78, 5) is 11.6. The summed E-state index contributed by atoms with van der Waals surface area (Å²) in [6.07, 6.45) is 5.02. The lowest BCUT2D eigenvalue weighted by atomic mass is 9.79. The number of nitrogens with zero attached hydrogens (tertiary/aromatic N) is 2. The summed E-state index contributed by atoms with van der Waals surface area (Å²) in [6, 6.07) is 3.50. The number of rotatable bonds is 6. The molecule has 0 spiro atoms. The zero-order valence-electron chi connectivity index (χ0n) is 12.6. The Kier molecular flexibility index (Phi) is 5.92. The van der Waals surface area contributed by atoms with Gasteiger partial charge in [0.25, 0.3) is 5.91 Å². The molecule has 116 valence electrons. The first-order chi connectivity index (χ1) is 10.2. The maximum atomic E-state index is 11.6. The number of nitrogens with two attached hydrogens (primary N) is 1. The second kappa shape index (κ2) is 7.93. The molecular weight excluding hydrogens is 266 g/mol. The third-order valence-corrected chi connectivity index (χ3v) is 4.15. The van der Waals surface area contributed by atoms with Gasteiger partial charge in [-0.25, -0.2) is 0 Å². The van der Waals surface area contributed by atoms with Crippen LogP contribution in [0, 0.1) is 11.8 Å². The molecule has 21 heavy (non-hydrogen) atoms. The molecule has 0 aromatic carbocycles. The Bertz CT molecular complexity index is 448. The van der Waals surface area contributed by atoms with Gasteiger partial charge in [-0.1, -0.05) is 12.8 Å². The van der Waals surface area contributed by atoms with Crippen LogP contribution in [0.25, 0.3) is 0 Å². The molecule has 1 aliphatic carbocycles. The molecule has 2 atom stereocenters. The van der Waals surface area contributed by atoms with E-state index in [0.717, 1.165) is 13.1 Å². The minimum atomic E-state index is -0.188. The molecule has 0 bridgehead atoms. The fraction of sp³-hybridized carbons (Fsp3) is 0.667. The third kappa shape index (κ3) is 4.39. The van der Waals surface area contributed by atoms with E-state index in [1.165, 1.54) is 25.7 Å². The number of carbonyl (C=O) groups is 1. The van der Waals surface area contributed by atoms with E-state index in [2.05, 4.69) is 20.8 Å². The lowest BCUT2D eigenvalue weighted by molar-refractivity contribution is 0.0950. The Balaban J connectivity index is 1.87. The molecule has 1 saturated carbocycles. The van der Waals surface area contributed by atoms with E-state index in [4.69, 9.17) is 5.73 Å². The first-order valence-electron chi connectivity index (χ1n) is 7.80. The second-order valence-corrected chi connectivity index (χ2v) is 5.58. The van der Waals surface area contributed by atoms with E-state index in [1.807, 2.05) is 6.92 Å². The average molecular weight is 291 g/mol.